The second kappa shape index (κ2) is 7.95. The molecule has 0 amide bonds. The topological polar surface area (TPSA) is 50.7 Å². The Kier molecular flexibility index (Phi) is 6.54. The molecule has 2 N–H and O–H groups in total. The summed E-state index contributed by atoms with van der Waals surface area (Å²) in [6, 6.07) is 7.94. The van der Waals surface area contributed by atoms with E-state index in [0.717, 1.165) is 17.9 Å². The van der Waals surface area contributed by atoms with Crippen LogP contribution in [0.2, 0.25) is 0 Å². The average Bonchev–Trinajstić information content (AvgIpc) is 2.38. The third kappa shape index (κ3) is 5.38. The normalized spacial score (nSPS) is 12.5. The van der Waals surface area contributed by atoms with Crippen LogP contribution in [-0.2, 0) is 0 Å². The number of hydrogen-bond donors (Lipinski definition) is 2. The molecule has 0 aliphatic rings. The van der Waals surface area contributed by atoms with Crippen LogP contribution in [0.1, 0.15) is 20.3 Å². The summed E-state index contributed by atoms with van der Waals surface area (Å²) in [6.45, 7) is 4.83. The van der Waals surface area contributed by atoms with E-state index >= 15 is 0 Å². The number of benzene rings is 1. The Morgan fingerprint density at radius 3 is 2.28 bits per heavy atom. The molecule has 4 nitrogen and oxygen atoms in total. The Hall–Kier alpha value is -1.26. The second-order valence-electron chi connectivity index (χ2n) is 4.51. The van der Waals surface area contributed by atoms with Gasteiger partial charge in [-0.25, -0.2) is 0 Å². The molecule has 0 saturated heterocycles. The summed E-state index contributed by atoms with van der Waals surface area (Å²) in [4.78, 5) is 0. The number of rotatable bonds is 8. The lowest BCUT2D eigenvalue weighted by Gasteiger charge is -2.19. The van der Waals surface area contributed by atoms with Gasteiger partial charge in [-0.05, 0) is 30.7 Å². The number of aliphatic hydroxyl groups excluding tert-OH is 1. The Morgan fingerprint density at radius 1 is 1.17 bits per heavy atom. The number of ether oxygens (including phenoxy) is 2. The van der Waals surface area contributed by atoms with Gasteiger partial charge in [0.05, 0.1) is 20.3 Å². The number of hydrogen-bond acceptors (Lipinski definition) is 4. The predicted octanol–water partition coefficient (Wildman–Crippen LogP) is 1.82. The SMILES string of the molecule is COc1ccc(OCCC(CO)NC(C)C)cc1. The van der Waals surface area contributed by atoms with Gasteiger partial charge in [-0.15, -0.1) is 0 Å². The van der Waals surface area contributed by atoms with Crippen molar-refractivity contribution in [3.05, 3.63) is 24.3 Å². The lowest BCUT2D eigenvalue weighted by molar-refractivity contribution is 0.202. The molecule has 18 heavy (non-hydrogen) atoms. The first-order chi connectivity index (χ1) is 8.65. The molecule has 0 saturated carbocycles. The quantitative estimate of drug-likeness (QED) is 0.742. The molecule has 1 rings (SSSR count). The maximum atomic E-state index is 9.21. The molecule has 1 atom stereocenters. The smallest absolute Gasteiger partial charge is 0.119 e. The second-order valence-corrected chi connectivity index (χ2v) is 4.51. The highest BCUT2D eigenvalue weighted by atomic mass is 16.5. The first-order valence-corrected chi connectivity index (χ1v) is 6.29. The van der Waals surface area contributed by atoms with Crippen LogP contribution in [0.4, 0.5) is 0 Å². The third-order valence-electron chi connectivity index (χ3n) is 2.58. The van der Waals surface area contributed by atoms with E-state index < -0.39 is 0 Å². The summed E-state index contributed by atoms with van der Waals surface area (Å²) >= 11 is 0. The zero-order valence-corrected chi connectivity index (χ0v) is 11.3. The van der Waals surface area contributed by atoms with Crippen LogP contribution in [0, 0.1) is 0 Å². The van der Waals surface area contributed by atoms with Crippen molar-refractivity contribution in [3.63, 3.8) is 0 Å². The molecule has 0 radical (unpaired) electrons. The van der Waals surface area contributed by atoms with Gasteiger partial charge in [0.1, 0.15) is 11.5 Å². The summed E-state index contributed by atoms with van der Waals surface area (Å²) in [5.74, 6) is 1.63. The molecule has 102 valence electrons. The monoisotopic (exact) mass is 253 g/mol. The average molecular weight is 253 g/mol. The summed E-state index contributed by atoms with van der Waals surface area (Å²) in [5.41, 5.74) is 0. The minimum Gasteiger partial charge on any atom is -0.497 e. The van der Waals surface area contributed by atoms with Gasteiger partial charge in [-0.1, -0.05) is 13.8 Å². The molecule has 0 aliphatic carbocycles. The van der Waals surface area contributed by atoms with Crippen molar-refractivity contribution in [2.75, 3.05) is 20.3 Å². The molecule has 0 bridgehead atoms. The summed E-state index contributed by atoms with van der Waals surface area (Å²) in [7, 11) is 1.64. The van der Waals surface area contributed by atoms with Gasteiger partial charge >= 0.3 is 0 Å². The highest BCUT2D eigenvalue weighted by Gasteiger charge is 2.08. The molecule has 0 aliphatic heterocycles. The van der Waals surface area contributed by atoms with Gasteiger partial charge in [0.25, 0.3) is 0 Å². The Morgan fingerprint density at radius 2 is 1.78 bits per heavy atom. The first-order valence-electron chi connectivity index (χ1n) is 6.29. The lowest BCUT2D eigenvalue weighted by atomic mass is 10.2. The first kappa shape index (κ1) is 14.8. The zero-order valence-electron chi connectivity index (χ0n) is 11.3. The molecule has 1 aromatic carbocycles. The molecule has 1 aromatic rings. The third-order valence-corrected chi connectivity index (χ3v) is 2.58. The number of nitrogens with one attached hydrogen (secondary N) is 1. The van der Waals surface area contributed by atoms with E-state index in [2.05, 4.69) is 19.2 Å². The van der Waals surface area contributed by atoms with E-state index in [0.29, 0.717) is 12.6 Å². The fraction of sp³-hybridized carbons (Fsp3) is 0.571. The van der Waals surface area contributed by atoms with Crippen LogP contribution in [0.15, 0.2) is 24.3 Å². The molecular formula is C14H23NO3. The van der Waals surface area contributed by atoms with E-state index in [1.165, 1.54) is 0 Å². The summed E-state index contributed by atoms with van der Waals surface area (Å²) in [5, 5.41) is 12.5. The summed E-state index contributed by atoms with van der Waals surface area (Å²) in [6.07, 6.45) is 0.778. The molecule has 0 aromatic heterocycles. The van der Waals surface area contributed by atoms with Crippen LogP contribution in [-0.4, -0.2) is 37.5 Å². The van der Waals surface area contributed by atoms with E-state index in [1.807, 2.05) is 24.3 Å². The minimum atomic E-state index is 0.0863. The minimum absolute atomic E-state index is 0.0863. The van der Waals surface area contributed by atoms with Crippen molar-refractivity contribution < 1.29 is 14.6 Å². The fourth-order valence-corrected chi connectivity index (χ4v) is 1.69. The van der Waals surface area contributed by atoms with Crippen LogP contribution >= 0.6 is 0 Å². The van der Waals surface area contributed by atoms with E-state index in [-0.39, 0.29) is 12.6 Å². The van der Waals surface area contributed by atoms with Gasteiger partial charge in [0, 0.05) is 12.1 Å². The van der Waals surface area contributed by atoms with E-state index in [1.54, 1.807) is 7.11 Å². The molecular weight excluding hydrogens is 230 g/mol. The van der Waals surface area contributed by atoms with Crippen molar-refractivity contribution in [1.82, 2.24) is 5.32 Å². The predicted molar refractivity (Wildman–Crippen MR) is 72.3 cm³/mol. The van der Waals surface area contributed by atoms with E-state index in [9.17, 15) is 5.11 Å². The van der Waals surface area contributed by atoms with Crippen LogP contribution in [0.5, 0.6) is 11.5 Å². The Labute approximate surface area is 109 Å². The number of methoxy groups -OCH3 is 1. The maximum Gasteiger partial charge on any atom is 0.119 e. The number of aliphatic hydroxyl groups is 1. The van der Waals surface area contributed by atoms with Crippen molar-refractivity contribution in [3.8, 4) is 11.5 Å². The van der Waals surface area contributed by atoms with Crippen molar-refractivity contribution in [1.29, 1.82) is 0 Å². The van der Waals surface area contributed by atoms with Crippen LogP contribution in [0.25, 0.3) is 0 Å². The van der Waals surface area contributed by atoms with Crippen molar-refractivity contribution in [2.24, 2.45) is 0 Å². The standard InChI is InChI=1S/C14H23NO3/c1-11(2)15-12(10-16)8-9-18-14-6-4-13(17-3)5-7-14/h4-7,11-12,15-16H,8-10H2,1-3H3. The molecule has 0 spiro atoms. The fourth-order valence-electron chi connectivity index (χ4n) is 1.69. The van der Waals surface area contributed by atoms with Crippen LogP contribution in [0.3, 0.4) is 0 Å². The lowest BCUT2D eigenvalue weighted by Crippen LogP contribution is -2.38. The maximum absolute atomic E-state index is 9.21. The zero-order chi connectivity index (χ0) is 13.4. The van der Waals surface area contributed by atoms with E-state index in [4.69, 9.17) is 9.47 Å². The molecule has 1 unspecified atom stereocenters. The molecule has 0 fully saturated rings. The van der Waals surface area contributed by atoms with Gasteiger partial charge in [0.2, 0.25) is 0 Å². The van der Waals surface area contributed by atoms with Crippen molar-refractivity contribution >= 4 is 0 Å². The largest absolute Gasteiger partial charge is 0.497 e. The molecule has 0 heterocycles. The summed E-state index contributed by atoms with van der Waals surface area (Å²) < 4.78 is 10.7. The van der Waals surface area contributed by atoms with Crippen LogP contribution < -0.4 is 14.8 Å². The highest BCUT2D eigenvalue weighted by molar-refractivity contribution is 5.31. The Bertz CT molecular complexity index is 324. The highest BCUT2D eigenvalue weighted by Crippen LogP contribution is 2.17. The Balaban J connectivity index is 2.31. The molecule has 4 heteroatoms. The van der Waals surface area contributed by atoms with Gasteiger partial charge < -0.3 is 19.9 Å². The van der Waals surface area contributed by atoms with Gasteiger partial charge in [0.15, 0.2) is 0 Å². The van der Waals surface area contributed by atoms with Gasteiger partial charge in [-0.2, -0.15) is 0 Å². The van der Waals surface area contributed by atoms with Gasteiger partial charge in [-0.3, -0.25) is 0 Å². The van der Waals surface area contributed by atoms with Crippen molar-refractivity contribution in [2.45, 2.75) is 32.4 Å².